The van der Waals surface area contributed by atoms with Crippen LogP contribution in [0.3, 0.4) is 0 Å². The summed E-state index contributed by atoms with van der Waals surface area (Å²) >= 11 is 0. The van der Waals surface area contributed by atoms with Crippen molar-refractivity contribution in [1.29, 1.82) is 0 Å². The van der Waals surface area contributed by atoms with Crippen molar-refractivity contribution in [2.24, 2.45) is 0 Å². The van der Waals surface area contributed by atoms with Gasteiger partial charge in [0.25, 0.3) is 0 Å². The maximum absolute atomic E-state index is 13.5. The summed E-state index contributed by atoms with van der Waals surface area (Å²) in [6.45, 7) is 1.74. The van der Waals surface area contributed by atoms with E-state index in [0.29, 0.717) is 23.1 Å². The molecule has 1 saturated heterocycles. The number of ether oxygens (including phenoxy) is 1. The second kappa shape index (κ2) is 9.82. The van der Waals surface area contributed by atoms with Gasteiger partial charge in [-0.25, -0.2) is 4.79 Å². The number of alkyl halides is 3. The summed E-state index contributed by atoms with van der Waals surface area (Å²) in [5.41, 5.74) is 2.28. The van der Waals surface area contributed by atoms with Gasteiger partial charge >= 0.3 is 18.2 Å². The summed E-state index contributed by atoms with van der Waals surface area (Å²) in [6, 6.07) is 19.3. The van der Waals surface area contributed by atoms with Crippen LogP contribution in [0.1, 0.15) is 41.7 Å². The van der Waals surface area contributed by atoms with Crippen molar-refractivity contribution in [1.82, 2.24) is 4.90 Å². The molecule has 182 valence electrons. The van der Waals surface area contributed by atoms with Gasteiger partial charge in [-0.2, -0.15) is 13.2 Å². The Morgan fingerprint density at radius 1 is 1.03 bits per heavy atom. The SMILES string of the molecule is C[C@H]1[C@@H](c2ccccc2)OC(=O)N1Cc1cc(C(F)(F)F)ccc1-c1cccc(CCC(=O)O)c1. The molecule has 0 aromatic heterocycles. The highest BCUT2D eigenvalue weighted by Crippen LogP contribution is 2.37. The number of carboxylic acids is 1. The number of halogens is 3. The lowest BCUT2D eigenvalue weighted by molar-refractivity contribution is -0.138. The number of carbonyl (C=O) groups is 2. The Morgan fingerprint density at radius 3 is 2.46 bits per heavy atom. The number of carboxylic acid groups (broad SMARTS) is 1. The zero-order valence-electron chi connectivity index (χ0n) is 19.0. The van der Waals surface area contributed by atoms with Crippen molar-refractivity contribution in [3.05, 3.63) is 95.1 Å². The molecule has 0 unspecified atom stereocenters. The van der Waals surface area contributed by atoms with E-state index < -0.39 is 35.9 Å². The molecule has 3 aromatic carbocycles. The summed E-state index contributed by atoms with van der Waals surface area (Å²) in [7, 11) is 0. The molecular weight excluding hydrogens is 459 g/mol. The van der Waals surface area contributed by atoms with Gasteiger partial charge in [0, 0.05) is 6.42 Å². The zero-order chi connectivity index (χ0) is 25.2. The highest BCUT2D eigenvalue weighted by Gasteiger charge is 2.40. The number of carbonyl (C=O) groups excluding carboxylic acids is 1. The van der Waals surface area contributed by atoms with Gasteiger partial charge < -0.3 is 9.84 Å². The smallest absolute Gasteiger partial charge is 0.416 e. The van der Waals surface area contributed by atoms with E-state index in [0.717, 1.165) is 23.3 Å². The predicted molar refractivity (Wildman–Crippen MR) is 124 cm³/mol. The number of aliphatic carboxylic acids is 1. The fourth-order valence-corrected chi connectivity index (χ4v) is 4.31. The maximum Gasteiger partial charge on any atom is 0.416 e. The van der Waals surface area contributed by atoms with Gasteiger partial charge in [-0.3, -0.25) is 9.69 Å². The summed E-state index contributed by atoms with van der Waals surface area (Å²) in [5.74, 6) is -0.930. The van der Waals surface area contributed by atoms with E-state index in [2.05, 4.69) is 0 Å². The lowest BCUT2D eigenvalue weighted by Crippen LogP contribution is -2.31. The van der Waals surface area contributed by atoms with Gasteiger partial charge in [0.05, 0.1) is 18.2 Å². The van der Waals surface area contributed by atoms with Crippen molar-refractivity contribution in [2.45, 2.75) is 44.6 Å². The van der Waals surface area contributed by atoms with Gasteiger partial charge in [-0.15, -0.1) is 0 Å². The van der Waals surface area contributed by atoms with E-state index >= 15 is 0 Å². The maximum atomic E-state index is 13.5. The molecule has 8 heteroatoms. The number of amides is 1. The van der Waals surface area contributed by atoms with Crippen LogP contribution in [0.4, 0.5) is 18.0 Å². The Bertz CT molecular complexity index is 1230. The van der Waals surface area contributed by atoms with Crippen LogP contribution in [-0.4, -0.2) is 28.1 Å². The number of hydrogen-bond acceptors (Lipinski definition) is 3. The Balaban J connectivity index is 1.69. The zero-order valence-corrected chi connectivity index (χ0v) is 19.0. The summed E-state index contributed by atoms with van der Waals surface area (Å²) in [5, 5.41) is 8.97. The number of benzene rings is 3. The molecule has 0 bridgehead atoms. The standard InChI is InChI=1S/C27H24F3NO4/c1-17-25(19-7-3-2-4-8-19)35-26(34)31(17)16-21-15-22(27(28,29)30)11-12-23(21)20-9-5-6-18(14-20)10-13-24(32)33/h2-9,11-12,14-15,17,25H,10,13,16H2,1H3,(H,32,33)/t17-,25-/m0/s1. The summed E-state index contributed by atoms with van der Waals surface area (Å²) in [6.07, 6.45) is -5.42. The number of aryl methyl sites for hydroxylation is 1. The Kier molecular flexibility index (Phi) is 6.82. The summed E-state index contributed by atoms with van der Waals surface area (Å²) < 4.78 is 46.2. The quantitative estimate of drug-likeness (QED) is 0.418. The topological polar surface area (TPSA) is 66.8 Å². The van der Waals surface area contributed by atoms with E-state index in [1.165, 1.54) is 11.0 Å². The average molecular weight is 483 g/mol. The number of nitrogens with zero attached hydrogens (tertiary/aromatic N) is 1. The second-order valence-electron chi connectivity index (χ2n) is 8.55. The molecule has 0 saturated carbocycles. The largest absolute Gasteiger partial charge is 0.481 e. The van der Waals surface area contributed by atoms with Crippen LogP contribution >= 0.6 is 0 Å². The fraction of sp³-hybridized carbons (Fsp3) is 0.259. The van der Waals surface area contributed by atoms with Gasteiger partial charge in [0.15, 0.2) is 0 Å². The highest BCUT2D eigenvalue weighted by molar-refractivity contribution is 5.73. The van der Waals surface area contributed by atoms with Crippen molar-refractivity contribution in [3.63, 3.8) is 0 Å². The molecule has 3 aromatic rings. The lowest BCUT2D eigenvalue weighted by atomic mass is 9.94. The third-order valence-corrected chi connectivity index (χ3v) is 6.16. The molecule has 1 N–H and O–H groups in total. The second-order valence-corrected chi connectivity index (χ2v) is 8.55. The molecule has 1 aliphatic rings. The highest BCUT2D eigenvalue weighted by atomic mass is 19.4. The normalized spacial score (nSPS) is 17.9. The first kappa shape index (κ1) is 24.3. The molecule has 1 amide bonds. The van der Waals surface area contributed by atoms with Crippen molar-refractivity contribution in [3.8, 4) is 11.1 Å². The molecule has 0 spiro atoms. The Hall–Kier alpha value is -3.81. The molecular formula is C27H24F3NO4. The van der Waals surface area contributed by atoms with Crippen LogP contribution in [0.2, 0.25) is 0 Å². The molecule has 5 nitrogen and oxygen atoms in total. The Morgan fingerprint density at radius 2 is 1.77 bits per heavy atom. The van der Waals surface area contributed by atoms with Crippen LogP contribution < -0.4 is 0 Å². The van der Waals surface area contributed by atoms with Crippen LogP contribution in [0.25, 0.3) is 11.1 Å². The predicted octanol–water partition coefficient (Wildman–Crippen LogP) is 6.47. The van der Waals surface area contributed by atoms with Gasteiger partial charge in [-0.1, -0.05) is 60.7 Å². The van der Waals surface area contributed by atoms with E-state index in [-0.39, 0.29) is 13.0 Å². The number of cyclic esters (lactones) is 1. The molecule has 0 aliphatic carbocycles. The molecule has 1 aliphatic heterocycles. The van der Waals surface area contributed by atoms with Gasteiger partial charge in [0.2, 0.25) is 0 Å². The number of rotatable bonds is 7. The molecule has 35 heavy (non-hydrogen) atoms. The number of hydrogen-bond donors (Lipinski definition) is 1. The van der Waals surface area contributed by atoms with E-state index in [4.69, 9.17) is 9.84 Å². The third kappa shape index (κ3) is 5.48. The lowest BCUT2D eigenvalue weighted by Gasteiger charge is -2.23. The molecule has 4 rings (SSSR count). The van der Waals surface area contributed by atoms with E-state index in [1.54, 1.807) is 24.3 Å². The van der Waals surface area contributed by atoms with Crippen molar-refractivity contribution >= 4 is 12.1 Å². The van der Waals surface area contributed by atoms with Crippen LogP contribution in [0, 0.1) is 0 Å². The monoisotopic (exact) mass is 483 g/mol. The molecule has 0 radical (unpaired) electrons. The van der Waals surface area contributed by atoms with Crippen molar-refractivity contribution in [2.75, 3.05) is 0 Å². The molecule has 1 heterocycles. The molecule has 2 atom stereocenters. The van der Waals surface area contributed by atoms with Gasteiger partial charge in [-0.05, 0) is 53.3 Å². The minimum atomic E-state index is -4.54. The van der Waals surface area contributed by atoms with Crippen LogP contribution in [0.15, 0.2) is 72.8 Å². The first-order valence-corrected chi connectivity index (χ1v) is 11.2. The Labute approximate surface area is 200 Å². The first-order chi connectivity index (χ1) is 16.6. The van der Waals surface area contributed by atoms with Crippen LogP contribution in [-0.2, 0) is 28.7 Å². The van der Waals surface area contributed by atoms with E-state index in [9.17, 15) is 22.8 Å². The fourth-order valence-electron chi connectivity index (χ4n) is 4.31. The minimum Gasteiger partial charge on any atom is -0.481 e. The third-order valence-electron chi connectivity index (χ3n) is 6.16. The first-order valence-electron chi connectivity index (χ1n) is 11.2. The van der Waals surface area contributed by atoms with E-state index in [1.807, 2.05) is 37.3 Å². The minimum absolute atomic E-state index is 0.0542. The summed E-state index contributed by atoms with van der Waals surface area (Å²) in [4.78, 5) is 25.1. The van der Waals surface area contributed by atoms with Gasteiger partial charge in [0.1, 0.15) is 6.10 Å². The van der Waals surface area contributed by atoms with Crippen LogP contribution in [0.5, 0.6) is 0 Å². The van der Waals surface area contributed by atoms with Crippen molar-refractivity contribution < 1.29 is 32.6 Å². The average Bonchev–Trinajstić information content (AvgIpc) is 3.11. The molecule has 1 fully saturated rings.